The highest BCUT2D eigenvalue weighted by molar-refractivity contribution is 7.99. The van der Waals surface area contributed by atoms with Gasteiger partial charge in [-0.2, -0.15) is 5.10 Å². The second kappa shape index (κ2) is 8.58. The first-order valence-corrected chi connectivity index (χ1v) is 7.48. The highest BCUT2D eigenvalue weighted by atomic mass is 32.2. The molecule has 0 aliphatic rings. The minimum absolute atomic E-state index is 0.0255. The standard InChI is InChI=1S/C14H22N4S/c1-3-4-5-10-19-13-8-6-12(7-9-13)11(2)17-18-14(15)16/h6-9H,3-5,10H2,1-2H3,(H4,15,16,18). The summed E-state index contributed by atoms with van der Waals surface area (Å²) in [7, 11) is 0. The van der Waals surface area contributed by atoms with E-state index in [-0.39, 0.29) is 5.96 Å². The molecule has 0 saturated carbocycles. The van der Waals surface area contributed by atoms with E-state index in [1.165, 1.54) is 29.9 Å². The Morgan fingerprint density at radius 2 is 1.79 bits per heavy atom. The minimum atomic E-state index is -0.0255. The minimum Gasteiger partial charge on any atom is -0.369 e. The summed E-state index contributed by atoms with van der Waals surface area (Å²) in [4.78, 5) is 1.29. The lowest BCUT2D eigenvalue weighted by atomic mass is 10.1. The summed E-state index contributed by atoms with van der Waals surface area (Å²) in [5.74, 6) is 1.15. The summed E-state index contributed by atoms with van der Waals surface area (Å²) in [6, 6.07) is 8.31. The van der Waals surface area contributed by atoms with Crippen molar-refractivity contribution in [3.05, 3.63) is 29.8 Å². The number of hydrogen-bond acceptors (Lipinski definition) is 3. The van der Waals surface area contributed by atoms with Gasteiger partial charge in [0.2, 0.25) is 5.96 Å². The molecule has 1 aromatic carbocycles. The SMILES string of the molecule is CCCCCSc1ccc(C(C)=NN=C(N)N)cc1. The lowest BCUT2D eigenvalue weighted by Crippen LogP contribution is -2.22. The van der Waals surface area contributed by atoms with E-state index in [4.69, 9.17) is 11.5 Å². The van der Waals surface area contributed by atoms with Crippen molar-refractivity contribution in [2.24, 2.45) is 21.7 Å². The second-order valence-corrected chi connectivity index (χ2v) is 5.46. The van der Waals surface area contributed by atoms with Crippen LogP contribution in [0.25, 0.3) is 0 Å². The largest absolute Gasteiger partial charge is 0.369 e. The molecule has 0 aromatic heterocycles. The van der Waals surface area contributed by atoms with Gasteiger partial charge in [-0.05, 0) is 36.8 Å². The Bertz CT molecular complexity index is 433. The maximum atomic E-state index is 5.24. The molecule has 0 aliphatic heterocycles. The average molecular weight is 278 g/mol. The molecular formula is C14H22N4S. The molecule has 0 saturated heterocycles. The van der Waals surface area contributed by atoms with Crippen molar-refractivity contribution in [1.29, 1.82) is 0 Å². The van der Waals surface area contributed by atoms with Crippen LogP contribution in [0.2, 0.25) is 0 Å². The van der Waals surface area contributed by atoms with Crippen molar-refractivity contribution < 1.29 is 0 Å². The van der Waals surface area contributed by atoms with E-state index in [2.05, 4.69) is 29.3 Å². The molecule has 0 radical (unpaired) electrons. The summed E-state index contributed by atoms with van der Waals surface area (Å²) >= 11 is 1.89. The number of hydrogen-bond donors (Lipinski definition) is 2. The van der Waals surface area contributed by atoms with Gasteiger partial charge in [-0.25, -0.2) is 0 Å². The van der Waals surface area contributed by atoms with E-state index >= 15 is 0 Å². The topological polar surface area (TPSA) is 76.8 Å². The fourth-order valence-electron chi connectivity index (χ4n) is 1.52. The number of benzene rings is 1. The Labute approximate surface area is 119 Å². The van der Waals surface area contributed by atoms with Crippen LogP contribution in [0.3, 0.4) is 0 Å². The molecule has 5 heteroatoms. The van der Waals surface area contributed by atoms with Crippen LogP contribution >= 0.6 is 11.8 Å². The summed E-state index contributed by atoms with van der Waals surface area (Å²) in [5.41, 5.74) is 12.3. The van der Waals surface area contributed by atoms with Crippen LogP contribution < -0.4 is 11.5 Å². The zero-order chi connectivity index (χ0) is 14.1. The quantitative estimate of drug-likeness (QED) is 0.265. The van der Waals surface area contributed by atoms with Crippen molar-refractivity contribution in [1.82, 2.24) is 0 Å². The van der Waals surface area contributed by atoms with Crippen LogP contribution in [-0.2, 0) is 0 Å². The van der Waals surface area contributed by atoms with Crippen LogP contribution in [0, 0.1) is 0 Å². The monoisotopic (exact) mass is 278 g/mol. The Morgan fingerprint density at radius 3 is 2.37 bits per heavy atom. The molecule has 4 nitrogen and oxygen atoms in total. The molecule has 1 rings (SSSR count). The lowest BCUT2D eigenvalue weighted by molar-refractivity contribution is 0.778. The smallest absolute Gasteiger partial charge is 0.211 e. The van der Waals surface area contributed by atoms with Gasteiger partial charge < -0.3 is 11.5 Å². The van der Waals surface area contributed by atoms with Crippen LogP contribution in [0.5, 0.6) is 0 Å². The van der Waals surface area contributed by atoms with Crippen LogP contribution in [0.4, 0.5) is 0 Å². The predicted octanol–water partition coefficient (Wildman–Crippen LogP) is 2.97. The Balaban J connectivity index is 2.56. The number of nitrogens with zero attached hydrogens (tertiary/aromatic N) is 2. The van der Waals surface area contributed by atoms with Crippen LogP contribution in [0.1, 0.15) is 38.7 Å². The van der Waals surface area contributed by atoms with Crippen molar-refractivity contribution >= 4 is 23.4 Å². The Kier molecular flexibility index (Phi) is 7.03. The normalized spacial score (nSPS) is 11.4. The van der Waals surface area contributed by atoms with Gasteiger partial charge in [0.05, 0.1) is 5.71 Å². The van der Waals surface area contributed by atoms with Crippen molar-refractivity contribution in [2.45, 2.75) is 38.0 Å². The molecule has 0 aliphatic carbocycles. The summed E-state index contributed by atoms with van der Waals surface area (Å²) in [6.07, 6.45) is 3.84. The fourth-order valence-corrected chi connectivity index (χ4v) is 2.44. The van der Waals surface area contributed by atoms with Gasteiger partial charge in [0, 0.05) is 4.90 Å². The van der Waals surface area contributed by atoms with Crippen molar-refractivity contribution in [2.75, 3.05) is 5.75 Å². The molecule has 0 bridgehead atoms. The molecular weight excluding hydrogens is 256 g/mol. The Morgan fingerprint density at radius 1 is 1.11 bits per heavy atom. The molecule has 19 heavy (non-hydrogen) atoms. The first-order valence-electron chi connectivity index (χ1n) is 6.50. The van der Waals surface area contributed by atoms with E-state index < -0.39 is 0 Å². The highest BCUT2D eigenvalue weighted by Crippen LogP contribution is 2.20. The second-order valence-electron chi connectivity index (χ2n) is 4.29. The van der Waals surface area contributed by atoms with E-state index in [0.717, 1.165) is 11.3 Å². The first kappa shape index (κ1) is 15.6. The van der Waals surface area contributed by atoms with Crippen LogP contribution in [-0.4, -0.2) is 17.4 Å². The van der Waals surface area contributed by atoms with Crippen molar-refractivity contribution in [3.63, 3.8) is 0 Å². The van der Waals surface area contributed by atoms with Crippen molar-refractivity contribution in [3.8, 4) is 0 Å². The molecule has 0 fully saturated rings. The number of rotatable bonds is 7. The number of guanidine groups is 1. The van der Waals surface area contributed by atoms with Gasteiger partial charge >= 0.3 is 0 Å². The average Bonchev–Trinajstić information content (AvgIpc) is 2.41. The third kappa shape index (κ3) is 6.29. The van der Waals surface area contributed by atoms with Gasteiger partial charge in [-0.1, -0.05) is 31.9 Å². The number of nitrogens with two attached hydrogens (primary N) is 2. The third-order valence-electron chi connectivity index (χ3n) is 2.60. The zero-order valence-corrected chi connectivity index (χ0v) is 12.4. The van der Waals surface area contributed by atoms with E-state index in [9.17, 15) is 0 Å². The summed E-state index contributed by atoms with van der Waals surface area (Å²) < 4.78 is 0. The fraction of sp³-hybridized carbons (Fsp3) is 0.429. The molecule has 0 heterocycles. The van der Waals surface area contributed by atoms with E-state index in [1.54, 1.807) is 0 Å². The summed E-state index contributed by atoms with van der Waals surface area (Å²) in [5, 5.41) is 7.61. The molecule has 0 spiro atoms. The third-order valence-corrected chi connectivity index (χ3v) is 3.70. The molecule has 0 atom stereocenters. The molecule has 0 amide bonds. The zero-order valence-electron chi connectivity index (χ0n) is 11.6. The van der Waals surface area contributed by atoms with Gasteiger partial charge in [0.25, 0.3) is 0 Å². The number of thioether (sulfide) groups is 1. The molecule has 1 aromatic rings. The maximum absolute atomic E-state index is 5.24. The molecule has 4 N–H and O–H groups in total. The van der Waals surface area contributed by atoms with Crippen LogP contribution in [0.15, 0.2) is 39.4 Å². The highest BCUT2D eigenvalue weighted by Gasteiger charge is 1.99. The van der Waals surface area contributed by atoms with Gasteiger partial charge in [-0.15, -0.1) is 16.9 Å². The van der Waals surface area contributed by atoms with Gasteiger partial charge in [0.1, 0.15) is 0 Å². The summed E-state index contributed by atoms with van der Waals surface area (Å²) in [6.45, 7) is 4.11. The van der Waals surface area contributed by atoms with Gasteiger partial charge in [-0.3, -0.25) is 0 Å². The molecule has 0 unspecified atom stereocenters. The number of unbranched alkanes of at least 4 members (excludes halogenated alkanes) is 2. The van der Waals surface area contributed by atoms with Gasteiger partial charge in [0.15, 0.2) is 0 Å². The Hall–Kier alpha value is -1.49. The van der Waals surface area contributed by atoms with E-state index in [0.29, 0.717) is 0 Å². The van der Waals surface area contributed by atoms with E-state index in [1.807, 2.05) is 30.8 Å². The lowest BCUT2D eigenvalue weighted by Gasteiger charge is -2.03. The predicted molar refractivity (Wildman–Crippen MR) is 84.7 cm³/mol. The molecule has 104 valence electrons. The maximum Gasteiger partial charge on any atom is 0.211 e. The first-order chi connectivity index (χ1) is 9.13.